The quantitative estimate of drug-likeness (QED) is 0.748. The van der Waals surface area contributed by atoms with Gasteiger partial charge in [-0.05, 0) is 78.0 Å². The SMILES string of the molecule is Cc1ccc(NC(=O)[C@H](C)OC(=O)Cc2ccc(C)c(C)c2)c(Br)c1. The van der Waals surface area contributed by atoms with Crippen molar-refractivity contribution in [3.05, 3.63) is 63.1 Å². The standard InChI is InChI=1S/C20H22BrNO3/c1-12-5-8-18(17(21)9-12)22-20(24)15(4)25-19(23)11-16-7-6-13(2)14(3)10-16/h5-10,15H,11H2,1-4H3,(H,22,24)/t15-/m0/s1. The van der Waals surface area contributed by atoms with Crippen LogP contribution in [0.5, 0.6) is 0 Å². The maximum absolute atomic E-state index is 12.2. The Labute approximate surface area is 156 Å². The van der Waals surface area contributed by atoms with Gasteiger partial charge in [-0.25, -0.2) is 0 Å². The summed E-state index contributed by atoms with van der Waals surface area (Å²) in [5, 5.41) is 2.76. The van der Waals surface area contributed by atoms with Gasteiger partial charge in [-0.1, -0.05) is 24.3 Å². The maximum Gasteiger partial charge on any atom is 0.311 e. The van der Waals surface area contributed by atoms with Crippen molar-refractivity contribution in [1.82, 2.24) is 0 Å². The lowest BCUT2D eigenvalue weighted by atomic mass is 10.0. The Kier molecular flexibility index (Phi) is 6.37. The van der Waals surface area contributed by atoms with Crippen LogP contribution in [0.2, 0.25) is 0 Å². The van der Waals surface area contributed by atoms with Crippen molar-refractivity contribution in [3.63, 3.8) is 0 Å². The number of nitrogens with one attached hydrogen (secondary N) is 1. The fourth-order valence-corrected chi connectivity index (χ4v) is 2.92. The van der Waals surface area contributed by atoms with Gasteiger partial charge in [0, 0.05) is 4.47 Å². The molecule has 0 heterocycles. The summed E-state index contributed by atoms with van der Waals surface area (Å²) < 4.78 is 6.04. The summed E-state index contributed by atoms with van der Waals surface area (Å²) in [5.41, 5.74) is 4.90. The average Bonchev–Trinajstić information content (AvgIpc) is 2.53. The minimum atomic E-state index is -0.868. The van der Waals surface area contributed by atoms with Crippen LogP contribution in [0.3, 0.4) is 0 Å². The van der Waals surface area contributed by atoms with E-state index in [0.717, 1.165) is 21.2 Å². The average molecular weight is 404 g/mol. The topological polar surface area (TPSA) is 55.4 Å². The van der Waals surface area contributed by atoms with Crippen LogP contribution in [0.25, 0.3) is 0 Å². The molecule has 0 aromatic heterocycles. The summed E-state index contributed by atoms with van der Waals surface area (Å²) in [6.07, 6.45) is -0.722. The number of anilines is 1. The molecule has 132 valence electrons. The fraction of sp³-hybridized carbons (Fsp3) is 0.300. The van der Waals surface area contributed by atoms with Gasteiger partial charge >= 0.3 is 5.97 Å². The van der Waals surface area contributed by atoms with E-state index < -0.39 is 12.1 Å². The lowest BCUT2D eigenvalue weighted by Crippen LogP contribution is -2.30. The second-order valence-electron chi connectivity index (χ2n) is 6.20. The smallest absolute Gasteiger partial charge is 0.311 e. The second kappa shape index (κ2) is 8.30. The normalized spacial score (nSPS) is 11.7. The maximum atomic E-state index is 12.2. The Balaban J connectivity index is 1.93. The van der Waals surface area contributed by atoms with Crippen LogP contribution in [0.4, 0.5) is 5.69 Å². The van der Waals surface area contributed by atoms with E-state index >= 15 is 0 Å². The molecular formula is C20H22BrNO3. The van der Waals surface area contributed by atoms with Crippen LogP contribution in [-0.4, -0.2) is 18.0 Å². The van der Waals surface area contributed by atoms with Crippen LogP contribution in [0, 0.1) is 20.8 Å². The van der Waals surface area contributed by atoms with Crippen molar-refractivity contribution in [1.29, 1.82) is 0 Å². The molecule has 2 aromatic rings. The summed E-state index contributed by atoms with van der Waals surface area (Å²) >= 11 is 3.41. The molecule has 0 radical (unpaired) electrons. The monoisotopic (exact) mass is 403 g/mol. The summed E-state index contributed by atoms with van der Waals surface area (Å²) in [6.45, 7) is 7.55. The van der Waals surface area contributed by atoms with Gasteiger partial charge in [0.25, 0.3) is 5.91 Å². The molecule has 0 aliphatic carbocycles. The van der Waals surface area contributed by atoms with Crippen LogP contribution in [0.1, 0.15) is 29.2 Å². The van der Waals surface area contributed by atoms with Crippen LogP contribution < -0.4 is 5.32 Å². The molecule has 1 amide bonds. The lowest BCUT2D eigenvalue weighted by Gasteiger charge is -2.15. The first-order valence-corrected chi connectivity index (χ1v) is 8.88. The predicted octanol–water partition coefficient (Wildman–Crippen LogP) is 4.49. The van der Waals surface area contributed by atoms with Crippen molar-refractivity contribution in [2.24, 2.45) is 0 Å². The number of aryl methyl sites for hydroxylation is 3. The highest BCUT2D eigenvalue weighted by atomic mass is 79.9. The predicted molar refractivity (Wildman–Crippen MR) is 103 cm³/mol. The number of carbonyl (C=O) groups is 2. The third kappa shape index (κ3) is 5.43. The first-order valence-electron chi connectivity index (χ1n) is 8.09. The lowest BCUT2D eigenvalue weighted by molar-refractivity contribution is -0.152. The molecule has 25 heavy (non-hydrogen) atoms. The highest BCUT2D eigenvalue weighted by molar-refractivity contribution is 9.10. The molecule has 0 bridgehead atoms. The summed E-state index contributed by atoms with van der Waals surface area (Å²) in [4.78, 5) is 24.3. The van der Waals surface area contributed by atoms with E-state index in [0.29, 0.717) is 5.69 Å². The van der Waals surface area contributed by atoms with Crippen molar-refractivity contribution in [2.75, 3.05) is 5.32 Å². The molecule has 2 rings (SSSR count). The van der Waals surface area contributed by atoms with E-state index in [1.54, 1.807) is 13.0 Å². The van der Waals surface area contributed by atoms with Gasteiger partial charge < -0.3 is 10.1 Å². The molecule has 0 aliphatic rings. The zero-order valence-corrected chi connectivity index (χ0v) is 16.4. The van der Waals surface area contributed by atoms with Gasteiger partial charge in [0.05, 0.1) is 12.1 Å². The Hall–Kier alpha value is -2.14. The number of halogens is 1. The van der Waals surface area contributed by atoms with Crippen molar-refractivity contribution < 1.29 is 14.3 Å². The van der Waals surface area contributed by atoms with Crippen LogP contribution in [0.15, 0.2) is 40.9 Å². The van der Waals surface area contributed by atoms with Crippen molar-refractivity contribution in [2.45, 2.75) is 40.2 Å². The molecule has 0 saturated heterocycles. The minimum absolute atomic E-state index is 0.146. The van der Waals surface area contributed by atoms with E-state index in [9.17, 15) is 9.59 Å². The highest BCUT2D eigenvalue weighted by Crippen LogP contribution is 2.23. The Morgan fingerprint density at radius 1 is 1.08 bits per heavy atom. The third-order valence-electron chi connectivity index (χ3n) is 3.98. The molecule has 4 nitrogen and oxygen atoms in total. The molecule has 5 heteroatoms. The first kappa shape index (κ1) is 19.2. The zero-order chi connectivity index (χ0) is 18.6. The molecule has 0 spiro atoms. The number of hydrogen-bond donors (Lipinski definition) is 1. The number of esters is 1. The molecule has 0 unspecified atom stereocenters. The number of amides is 1. The number of hydrogen-bond acceptors (Lipinski definition) is 3. The summed E-state index contributed by atoms with van der Waals surface area (Å²) in [6, 6.07) is 11.5. The number of rotatable bonds is 5. The number of carbonyl (C=O) groups excluding carboxylic acids is 2. The summed E-state index contributed by atoms with van der Waals surface area (Å²) in [5.74, 6) is -0.785. The molecule has 0 fully saturated rings. The molecule has 0 aliphatic heterocycles. The largest absolute Gasteiger partial charge is 0.452 e. The molecular weight excluding hydrogens is 382 g/mol. The minimum Gasteiger partial charge on any atom is -0.452 e. The zero-order valence-electron chi connectivity index (χ0n) is 14.9. The Morgan fingerprint density at radius 2 is 1.80 bits per heavy atom. The van der Waals surface area contributed by atoms with E-state index in [4.69, 9.17) is 4.74 Å². The molecule has 1 N–H and O–H groups in total. The van der Waals surface area contributed by atoms with E-state index in [2.05, 4.69) is 21.2 Å². The fourth-order valence-electron chi connectivity index (χ4n) is 2.33. The van der Waals surface area contributed by atoms with Gasteiger partial charge in [0.2, 0.25) is 0 Å². The van der Waals surface area contributed by atoms with E-state index in [1.807, 2.05) is 51.1 Å². The Morgan fingerprint density at radius 3 is 2.44 bits per heavy atom. The summed E-state index contributed by atoms with van der Waals surface area (Å²) in [7, 11) is 0. The Bertz CT molecular complexity index is 802. The molecule has 2 aromatic carbocycles. The second-order valence-corrected chi connectivity index (χ2v) is 7.05. The van der Waals surface area contributed by atoms with Crippen molar-refractivity contribution >= 4 is 33.5 Å². The first-order chi connectivity index (χ1) is 11.8. The van der Waals surface area contributed by atoms with E-state index in [-0.39, 0.29) is 12.3 Å². The van der Waals surface area contributed by atoms with Gasteiger partial charge in [-0.2, -0.15) is 0 Å². The van der Waals surface area contributed by atoms with Crippen molar-refractivity contribution in [3.8, 4) is 0 Å². The third-order valence-corrected chi connectivity index (χ3v) is 4.64. The van der Waals surface area contributed by atoms with Crippen LogP contribution >= 0.6 is 15.9 Å². The molecule has 1 atom stereocenters. The molecule has 0 saturated carbocycles. The van der Waals surface area contributed by atoms with E-state index in [1.165, 1.54) is 5.56 Å². The van der Waals surface area contributed by atoms with Gasteiger partial charge in [0.1, 0.15) is 0 Å². The highest BCUT2D eigenvalue weighted by Gasteiger charge is 2.19. The van der Waals surface area contributed by atoms with Gasteiger partial charge in [-0.15, -0.1) is 0 Å². The number of ether oxygens (including phenoxy) is 1. The van der Waals surface area contributed by atoms with Gasteiger partial charge in [0.15, 0.2) is 6.10 Å². The van der Waals surface area contributed by atoms with Crippen LogP contribution in [-0.2, 0) is 20.7 Å². The number of benzene rings is 2. The van der Waals surface area contributed by atoms with Gasteiger partial charge in [-0.3, -0.25) is 9.59 Å².